The number of fused-ring (bicyclic) bond motifs is 2. The average molecular weight is 432 g/mol. The molecule has 4 nitrogen and oxygen atoms in total. The number of hydrogen-bond donors (Lipinski definition) is 1. The van der Waals surface area contributed by atoms with Crippen LogP contribution in [0.5, 0.6) is 5.75 Å². The molecule has 1 saturated heterocycles. The van der Waals surface area contributed by atoms with Crippen molar-refractivity contribution in [3.63, 3.8) is 0 Å². The molecule has 1 N–H and O–H groups in total. The third-order valence-corrected chi connectivity index (χ3v) is 6.90. The van der Waals surface area contributed by atoms with Crippen molar-refractivity contribution in [2.24, 2.45) is 0 Å². The van der Waals surface area contributed by atoms with Crippen molar-refractivity contribution in [1.82, 2.24) is 5.32 Å². The van der Waals surface area contributed by atoms with Crippen LogP contribution < -0.4 is 10.1 Å². The lowest BCUT2D eigenvalue weighted by Crippen LogP contribution is -2.32. The predicted molar refractivity (Wildman–Crippen MR) is 128 cm³/mol. The Morgan fingerprint density at radius 2 is 1.81 bits per heavy atom. The van der Waals surface area contributed by atoms with Gasteiger partial charge in [-0.1, -0.05) is 48.5 Å². The number of nitrogens with one attached hydrogen (secondary N) is 1. The molecule has 0 radical (unpaired) electrons. The summed E-state index contributed by atoms with van der Waals surface area (Å²) in [6, 6.07) is 22.0. The Labute approximate surface area is 190 Å². The Balaban J connectivity index is 1.10. The lowest BCUT2D eigenvalue weighted by molar-refractivity contribution is -0.189. The highest BCUT2D eigenvalue weighted by Gasteiger charge is 2.25. The highest BCUT2D eigenvalue weighted by atomic mass is 16.7. The Kier molecular flexibility index (Phi) is 6.72. The van der Waals surface area contributed by atoms with Crippen molar-refractivity contribution in [1.29, 1.82) is 0 Å². The highest BCUT2D eigenvalue weighted by Crippen LogP contribution is 2.32. The van der Waals surface area contributed by atoms with Crippen molar-refractivity contribution in [3.05, 3.63) is 77.4 Å². The van der Waals surface area contributed by atoms with Crippen molar-refractivity contribution in [3.8, 4) is 5.75 Å². The van der Waals surface area contributed by atoms with Crippen LogP contribution in [-0.4, -0.2) is 33.2 Å². The number of benzene rings is 3. The minimum absolute atomic E-state index is 0.0956. The van der Waals surface area contributed by atoms with Crippen LogP contribution in [-0.2, 0) is 15.9 Å². The van der Waals surface area contributed by atoms with Crippen molar-refractivity contribution < 1.29 is 14.2 Å². The second-order valence-corrected chi connectivity index (χ2v) is 8.97. The Hall–Kier alpha value is -2.40. The molecule has 0 aromatic heterocycles. The van der Waals surface area contributed by atoms with Gasteiger partial charge in [-0.05, 0) is 78.2 Å². The average Bonchev–Trinajstić information content (AvgIpc) is 2.86. The summed E-state index contributed by atoms with van der Waals surface area (Å²) in [6.07, 6.45) is 5.60. The molecule has 1 aliphatic heterocycles. The fourth-order valence-corrected chi connectivity index (χ4v) is 5.17. The van der Waals surface area contributed by atoms with Gasteiger partial charge >= 0.3 is 0 Å². The zero-order valence-corrected chi connectivity index (χ0v) is 18.9. The fraction of sp³-hybridized carbons (Fsp3) is 0.429. The van der Waals surface area contributed by atoms with Crippen LogP contribution in [0, 0.1) is 0 Å². The lowest BCUT2D eigenvalue weighted by atomic mass is 9.88. The number of aryl methyl sites for hydroxylation is 1. The first-order chi connectivity index (χ1) is 15.8. The zero-order valence-electron chi connectivity index (χ0n) is 18.9. The summed E-state index contributed by atoms with van der Waals surface area (Å²) in [4.78, 5) is 0. The molecule has 168 valence electrons. The van der Waals surface area contributed by atoms with Crippen molar-refractivity contribution in [2.45, 2.75) is 50.4 Å². The fourth-order valence-electron chi connectivity index (χ4n) is 5.17. The van der Waals surface area contributed by atoms with E-state index in [1.54, 1.807) is 7.11 Å². The molecule has 0 amide bonds. The quantitative estimate of drug-likeness (QED) is 0.483. The van der Waals surface area contributed by atoms with E-state index in [1.165, 1.54) is 46.7 Å². The molecule has 1 unspecified atom stereocenters. The molecule has 1 heterocycles. The maximum atomic E-state index is 6.11. The van der Waals surface area contributed by atoms with Gasteiger partial charge in [0, 0.05) is 12.0 Å². The van der Waals surface area contributed by atoms with Gasteiger partial charge in [-0.3, -0.25) is 0 Å². The van der Waals surface area contributed by atoms with Gasteiger partial charge in [-0.15, -0.1) is 0 Å². The molecular formula is C28H33NO3. The SMILES string of the molecule is COc1ccc2c(C3COC(CCCNC4CCCc5ccccc54)OC3)cccc2c1. The summed E-state index contributed by atoms with van der Waals surface area (Å²) in [5, 5.41) is 6.20. The molecule has 4 heteroatoms. The zero-order chi connectivity index (χ0) is 21.8. The van der Waals surface area contributed by atoms with Crippen LogP contribution in [0.3, 0.4) is 0 Å². The molecule has 1 aliphatic carbocycles. The summed E-state index contributed by atoms with van der Waals surface area (Å²) >= 11 is 0. The monoisotopic (exact) mass is 431 g/mol. The van der Waals surface area contributed by atoms with Gasteiger partial charge in [0.1, 0.15) is 5.75 Å². The van der Waals surface area contributed by atoms with Crippen LogP contribution in [0.4, 0.5) is 0 Å². The molecule has 1 atom stereocenters. The summed E-state index contributed by atoms with van der Waals surface area (Å²) in [6.45, 7) is 2.41. The first-order valence-corrected chi connectivity index (χ1v) is 11.9. The maximum Gasteiger partial charge on any atom is 0.157 e. The van der Waals surface area contributed by atoms with Crippen molar-refractivity contribution in [2.75, 3.05) is 26.9 Å². The standard InChI is InChI=1S/C28H33NO3/c1-30-23-14-15-25-21(17-23)9-4-11-24(25)22-18-31-28(32-19-22)13-6-16-29-27-12-5-8-20-7-2-3-10-26(20)27/h2-4,7,9-11,14-15,17,22,27-29H,5-6,8,12-13,16,18-19H2,1H3. The van der Waals surface area contributed by atoms with Gasteiger partial charge in [0.25, 0.3) is 0 Å². The summed E-state index contributed by atoms with van der Waals surface area (Å²) in [5.41, 5.74) is 4.29. The first kappa shape index (κ1) is 21.4. The Morgan fingerprint density at radius 1 is 0.969 bits per heavy atom. The number of methoxy groups -OCH3 is 1. The smallest absolute Gasteiger partial charge is 0.157 e. The van der Waals surface area contributed by atoms with E-state index in [0.29, 0.717) is 19.3 Å². The largest absolute Gasteiger partial charge is 0.497 e. The van der Waals surface area contributed by atoms with E-state index in [1.807, 2.05) is 6.07 Å². The second kappa shape index (κ2) is 10.0. The minimum atomic E-state index is -0.0956. The molecule has 1 fully saturated rings. The van der Waals surface area contributed by atoms with Crippen LogP contribution in [0.15, 0.2) is 60.7 Å². The predicted octanol–water partition coefficient (Wildman–Crippen LogP) is 5.75. The van der Waals surface area contributed by atoms with Crippen LogP contribution in [0.25, 0.3) is 10.8 Å². The van der Waals surface area contributed by atoms with E-state index in [0.717, 1.165) is 25.1 Å². The van der Waals surface area contributed by atoms with E-state index >= 15 is 0 Å². The van der Waals surface area contributed by atoms with Crippen molar-refractivity contribution >= 4 is 10.8 Å². The van der Waals surface area contributed by atoms with Gasteiger partial charge in [-0.25, -0.2) is 0 Å². The molecule has 3 aromatic rings. The molecule has 0 saturated carbocycles. The van der Waals surface area contributed by atoms with E-state index in [2.05, 4.69) is 59.9 Å². The van der Waals surface area contributed by atoms with Gasteiger partial charge < -0.3 is 19.5 Å². The molecule has 3 aromatic carbocycles. The van der Waals surface area contributed by atoms with E-state index in [9.17, 15) is 0 Å². The van der Waals surface area contributed by atoms with E-state index in [-0.39, 0.29) is 12.2 Å². The Morgan fingerprint density at radius 3 is 2.69 bits per heavy atom. The third-order valence-electron chi connectivity index (χ3n) is 6.90. The molecular weight excluding hydrogens is 398 g/mol. The number of hydrogen-bond acceptors (Lipinski definition) is 4. The molecule has 2 aliphatic rings. The second-order valence-electron chi connectivity index (χ2n) is 8.97. The van der Waals surface area contributed by atoms with Crippen LogP contribution in [0.1, 0.15) is 54.3 Å². The van der Waals surface area contributed by atoms with Crippen LogP contribution >= 0.6 is 0 Å². The highest BCUT2D eigenvalue weighted by molar-refractivity contribution is 5.87. The van der Waals surface area contributed by atoms with Gasteiger partial charge in [0.15, 0.2) is 6.29 Å². The van der Waals surface area contributed by atoms with E-state index in [4.69, 9.17) is 14.2 Å². The first-order valence-electron chi connectivity index (χ1n) is 11.9. The third kappa shape index (κ3) is 4.68. The lowest BCUT2D eigenvalue weighted by Gasteiger charge is -2.31. The Bertz CT molecular complexity index is 1040. The maximum absolute atomic E-state index is 6.11. The summed E-state index contributed by atoms with van der Waals surface area (Å²) in [5.74, 6) is 1.15. The van der Waals surface area contributed by atoms with Gasteiger partial charge in [0.2, 0.25) is 0 Å². The number of ether oxygens (including phenoxy) is 3. The number of rotatable bonds is 7. The molecule has 32 heavy (non-hydrogen) atoms. The minimum Gasteiger partial charge on any atom is -0.497 e. The molecule has 5 rings (SSSR count). The van der Waals surface area contributed by atoms with Gasteiger partial charge in [-0.2, -0.15) is 0 Å². The van der Waals surface area contributed by atoms with E-state index < -0.39 is 0 Å². The summed E-state index contributed by atoms with van der Waals surface area (Å²) < 4.78 is 17.6. The molecule has 0 bridgehead atoms. The van der Waals surface area contributed by atoms with Gasteiger partial charge in [0.05, 0.1) is 20.3 Å². The summed E-state index contributed by atoms with van der Waals surface area (Å²) in [7, 11) is 1.71. The molecule has 0 spiro atoms. The van der Waals surface area contributed by atoms with Crippen LogP contribution in [0.2, 0.25) is 0 Å². The topological polar surface area (TPSA) is 39.7 Å². The normalized spacial score (nSPS) is 23.1.